The molecule has 0 aliphatic heterocycles. The van der Waals surface area contributed by atoms with Gasteiger partial charge in [-0.2, -0.15) is 0 Å². The first-order valence-corrected chi connectivity index (χ1v) is 5.62. The molecule has 13 heavy (non-hydrogen) atoms. The normalized spacial score (nSPS) is 21.5. The number of hydrogen-bond donors (Lipinski definition) is 2. The Balaban J connectivity index is 2.14. The molecule has 1 saturated carbocycles. The van der Waals surface area contributed by atoms with Crippen molar-refractivity contribution >= 4 is 0 Å². The second-order valence-corrected chi connectivity index (χ2v) is 4.38. The lowest BCUT2D eigenvalue weighted by molar-refractivity contribution is 0.252. The van der Waals surface area contributed by atoms with Crippen molar-refractivity contribution in [3.8, 4) is 0 Å². The molecule has 1 aliphatic carbocycles. The molecule has 0 aromatic carbocycles. The summed E-state index contributed by atoms with van der Waals surface area (Å²) >= 11 is 0. The second-order valence-electron chi connectivity index (χ2n) is 4.38. The van der Waals surface area contributed by atoms with Crippen molar-refractivity contribution < 1.29 is 5.11 Å². The SMILES string of the molecule is CCC(C)CNC(CCO)C1CC1. The maximum atomic E-state index is 8.90. The summed E-state index contributed by atoms with van der Waals surface area (Å²) in [5.74, 6) is 1.62. The summed E-state index contributed by atoms with van der Waals surface area (Å²) in [7, 11) is 0. The average molecular weight is 185 g/mol. The van der Waals surface area contributed by atoms with E-state index in [4.69, 9.17) is 5.11 Å². The van der Waals surface area contributed by atoms with Crippen molar-refractivity contribution in [2.75, 3.05) is 13.2 Å². The molecule has 0 radical (unpaired) electrons. The molecule has 1 rings (SSSR count). The zero-order chi connectivity index (χ0) is 9.68. The van der Waals surface area contributed by atoms with Crippen LogP contribution >= 0.6 is 0 Å². The van der Waals surface area contributed by atoms with Gasteiger partial charge in [0.15, 0.2) is 0 Å². The molecule has 1 aliphatic rings. The maximum Gasteiger partial charge on any atom is 0.0445 e. The standard InChI is InChI=1S/C11H23NO/c1-3-9(2)8-12-11(6-7-13)10-4-5-10/h9-13H,3-8H2,1-2H3. The number of aliphatic hydroxyl groups is 1. The monoisotopic (exact) mass is 185 g/mol. The quantitative estimate of drug-likeness (QED) is 0.633. The number of hydrogen-bond acceptors (Lipinski definition) is 2. The molecule has 0 bridgehead atoms. The Morgan fingerprint density at radius 1 is 1.46 bits per heavy atom. The summed E-state index contributed by atoms with van der Waals surface area (Å²) in [6.07, 6.45) is 4.89. The van der Waals surface area contributed by atoms with Gasteiger partial charge in [0.25, 0.3) is 0 Å². The van der Waals surface area contributed by atoms with Crippen molar-refractivity contribution in [2.24, 2.45) is 11.8 Å². The first-order valence-electron chi connectivity index (χ1n) is 5.62. The Kier molecular flexibility index (Phi) is 4.74. The van der Waals surface area contributed by atoms with Gasteiger partial charge in [-0.05, 0) is 37.6 Å². The lowest BCUT2D eigenvalue weighted by Crippen LogP contribution is -2.35. The van der Waals surface area contributed by atoms with E-state index in [-0.39, 0.29) is 0 Å². The smallest absolute Gasteiger partial charge is 0.0445 e. The van der Waals surface area contributed by atoms with E-state index in [1.54, 1.807) is 0 Å². The fraction of sp³-hybridized carbons (Fsp3) is 1.00. The van der Waals surface area contributed by atoms with Gasteiger partial charge in [0.05, 0.1) is 0 Å². The third-order valence-corrected chi connectivity index (χ3v) is 3.06. The zero-order valence-corrected chi connectivity index (χ0v) is 8.92. The van der Waals surface area contributed by atoms with Crippen molar-refractivity contribution in [1.82, 2.24) is 5.32 Å². The maximum absolute atomic E-state index is 8.90. The summed E-state index contributed by atoms with van der Waals surface area (Å²) in [4.78, 5) is 0. The Hall–Kier alpha value is -0.0800. The molecule has 0 amide bonds. The zero-order valence-electron chi connectivity index (χ0n) is 8.92. The molecule has 2 atom stereocenters. The van der Waals surface area contributed by atoms with E-state index < -0.39 is 0 Å². The number of rotatable bonds is 7. The topological polar surface area (TPSA) is 32.3 Å². The highest BCUT2D eigenvalue weighted by atomic mass is 16.3. The van der Waals surface area contributed by atoms with Crippen molar-refractivity contribution in [3.63, 3.8) is 0 Å². The van der Waals surface area contributed by atoms with E-state index >= 15 is 0 Å². The van der Waals surface area contributed by atoms with E-state index in [1.807, 2.05) is 0 Å². The summed E-state index contributed by atoms with van der Waals surface area (Å²) in [6.45, 7) is 5.94. The third kappa shape index (κ3) is 4.10. The Morgan fingerprint density at radius 2 is 2.15 bits per heavy atom. The van der Waals surface area contributed by atoms with Gasteiger partial charge in [-0.1, -0.05) is 20.3 Å². The largest absolute Gasteiger partial charge is 0.396 e. The van der Waals surface area contributed by atoms with E-state index in [1.165, 1.54) is 19.3 Å². The first kappa shape index (κ1) is 11.0. The van der Waals surface area contributed by atoms with E-state index in [0.717, 1.165) is 24.8 Å². The molecular weight excluding hydrogens is 162 g/mol. The minimum Gasteiger partial charge on any atom is -0.396 e. The van der Waals surface area contributed by atoms with E-state index in [9.17, 15) is 0 Å². The minimum absolute atomic E-state index is 0.328. The van der Waals surface area contributed by atoms with Crippen LogP contribution in [0.4, 0.5) is 0 Å². The third-order valence-electron chi connectivity index (χ3n) is 3.06. The van der Waals surface area contributed by atoms with Crippen LogP contribution < -0.4 is 5.32 Å². The second kappa shape index (κ2) is 5.61. The lowest BCUT2D eigenvalue weighted by atomic mass is 10.1. The molecule has 1 fully saturated rings. The van der Waals surface area contributed by atoms with Gasteiger partial charge >= 0.3 is 0 Å². The highest BCUT2D eigenvalue weighted by Crippen LogP contribution is 2.33. The van der Waals surface area contributed by atoms with Crippen LogP contribution in [0.1, 0.15) is 39.5 Å². The van der Waals surface area contributed by atoms with Gasteiger partial charge in [-0.15, -0.1) is 0 Å². The summed E-state index contributed by atoms with van der Waals surface area (Å²) in [5, 5.41) is 12.5. The van der Waals surface area contributed by atoms with Crippen LogP contribution in [-0.4, -0.2) is 24.3 Å². The van der Waals surface area contributed by atoms with Gasteiger partial charge in [-0.25, -0.2) is 0 Å². The van der Waals surface area contributed by atoms with Gasteiger partial charge in [0.2, 0.25) is 0 Å². The van der Waals surface area contributed by atoms with Gasteiger partial charge < -0.3 is 10.4 Å². The molecule has 2 unspecified atom stereocenters. The predicted molar refractivity (Wildman–Crippen MR) is 55.7 cm³/mol. The molecule has 2 heteroatoms. The van der Waals surface area contributed by atoms with Crippen molar-refractivity contribution in [3.05, 3.63) is 0 Å². The fourth-order valence-electron chi connectivity index (χ4n) is 1.64. The molecule has 0 aromatic heterocycles. The first-order chi connectivity index (χ1) is 6.27. The van der Waals surface area contributed by atoms with E-state index in [2.05, 4.69) is 19.2 Å². The van der Waals surface area contributed by atoms with Gasteiger partial charge in [0, 0.05) is 12.6 Å². The van der Waals surface area contributed by atoms with Crippen molar-refractivity contribution in [2.45, 2.75) is 45.6 Å². The van der Waals surface area contributed by atoms with Crippen LogP contribution in [0.15, 0.2) is 0 Å². The Morgan fingerprint density at radius 3 is 2.62 bits per heavy atom. The molecule has 0 saturated heterocycles. The highest BCUT2D eigenvalue weighted by Gasteiger charge is 2.30. The van der Waals surface area contributed by atoms with Gasteiger partial charge in [-0.3, -0.25) is 0 Å². The summed E-state index contributed by atoms with van der Waals surface area (Å²) in [5.41, 5.74) is 0. The molecule has 0 heterocycles. The molecule has 2 nitrogen and oxygen atoms in total. The minimum atomic E-state index is 0.328. The van der Waals surface area contributed by atoms with Crippen LogP contribution in [0, 0.1) is 11.8 Å². The van der Waals surface area contributed by atoms with E-state index in [0.29, 0.717) is 12.6 Å². The van der Waals surface area contributed by atoms with Gasteiger partial charge in [0.1, 0.15) is 0 Å². The number of aliphatic hydroxyl groups excluding tert-OH is 1. The molecule has 0 aromatic rings. The summed E-state index contributed by atoms with van der Waals surface area (Å²) < 4.78 is 0. The highest BCUT2D eigenvalue weighted by molar-refractivity contribution is 4.86. The van der Waals surface area contributed by atoms with Crippen LogP contribution in [0.2, 0.25) is 0 Å². The molecular formula is C11H23NO. The molecule has 2 N–H and O–H groups in total. The molecule has 0 spiro atoms. The molecule has 78 valence electrons. The lowest BCUT2D eigenvalue weighted by Gasteiger charge is -2.19. The average Bonchev–Trinajstić information content (AvgIpc) is 2.94. The van der Waals surface area contributed by atoms with Crippen molar-refractivity contribution in [1.29, 1.82) is 0 Å². The predicted octanol–water partition coefficient (Wildman–Crippen LogP) is 1.78. The number of nitrogens with one attached hydrogen (secondary N) is 1. The summed E-state index contributed by atoms with van der Waals surface area (Å²) in [6, 6.07) is 0.582. The van der Waals surface area contributed by atoms with Crippen LogP contribution in [-0.2, 0) is 0 Å². The fourth-order valence-corrected chi connectivity index (χ4v) is 1.64. The Bertz CT molecular complexity index is 134. The van der Waals surface area contributed by atoms with Crippen LogP contribution in [0.5, 0.6) is 0 Å². The van der Waals surface area contributed by atoms with Crippen LogP contribution in [0.25, 0.3) is 0 Å². The Labute approximate surface area is 81.7 Å². The van der Waals surface area contributed by atoms with Crippen LogP contribution in [0.3, 0.4) is 0 Å².